The lowest BCUT2D eigenvalue weighted by Gasteiger charge is -1.98. The molecule has 1 aromatic carbocycles. The van der Waals surface area contributed by atoms with Gasteiger partial charge in [-0.05, 0) is 58.6 Å². The Morgan fingerprint density at radius 1 is 1.17 bits per heavy atom. The van der Waals surface area contributed by atoms with Crippen molar-refractivity contribution >= 4 is 61.5 Å². The number of furan rings is 1. The number of thioether (sulfide) groups is 1. The molecule has 23 heavy (non-hydrogen) atoms. The normalized spacial score (nSPS) is 18.6. The van der Waals surface area contributed by atoms with Gasteiger partial charge in [-0.2, -0.15) is 8.42 Å². The van der Waals surface area contributed by atoms with Gasteiger partial charge in [-0.25, -0.2) is 0 Å². The lowest BCUT2D eigenvalue weighted by Crippen LogP contribution is -2.20. The number of hydrogen-bond donors (Lipinski definition) is 1. The number of rotatable bonds is 3. The molecule has 0 saturated carbocycles. The van der Waals surface area contributed by atoms with E-state index in [2.05, 4.69) is 9.71 Å². The maximum atomic E-state index is 12.2. The van der Waals surface area contributed by atoms with Crippen LogP contribution in [0.4, 0.5) is 0 Å². The molecule has 1 amide bonds. The van der Waals surface area contributed by atoms with Gasteiger partial charge in [0.05, 0.1) is 9.80 Å². The standard InChI is InChI=1S/C14H9IN2O4S2/c15-12-7-6-9(21-12)8-11-13(18)16-14(22-11)17-23(19,20)10-4-2-1-3-5-10/h1-8H,(H,16,17,18)/b11-8-. The highest BCUT2D eigenvalue weighted by Gasteiger charge is 2.26. The third-order valence-corrected chi connectivity index (χ3v) is 5.66. The number of hydrogen-bond acceptors (Lipinski definition) is 5. The second-order valence-corrected chi connectivity index (χ2v) is 8.09. The van der Waals surface area contributed by atoms with Gasteiger partial charge in [0.2, 0.25) is 0 Å². The molecule has 0 radical (unpaired) electrons. The van der Waals surface area contributed by atoms with Crippen LogP contribution in [0.1, 0.15) is 5.76 Å². The van der Waals surface area contributed by atoms with Gasteiger partial charge >= 0.3 is 0 Å². The number of carbonyl (C=O) groups excluding carboxylic acids is 1. The number of nitrogens with zero attached hydrogens (tertiary/aromatic N) is 1. The Kier molecular flexibility index (Phi) is 4.60. The zero-order valence-corrected chi connectivity index (χ0v) is 15.2. The Morgan fingerprint density at radius 3 is 2.57 bits per heavy atom. The van der Waals surface area contributed by atoms with Gasteiger partial charge in [0.15, 0.2) is 8.93 Å². The Labute approximate surface area is 150 Å². The number of amidine groups is 1. The van der Waals surface area contributed by atoms with E-state index < -0.39 is 15.9 Å². The zero-order valence-electron chi connectivity index (χ0n) is 11.4. The summed E-state index contributed by atoms with van der Waals surface area (Å²) in [6.45, 7) is 0. The Morgan fingerprint density at radius 2 is 1.91 bits per heavy atom. The van der Waals surface area contributed by atoms with Crippen LogP contribution in [0.25, 0.3) is 6.08 Å². The molecule has 1 aliphatic heterocycles. The fourth-order valence-electron chi connectivity index (χ4n) is 1.76. The molecule has 0 bridgehead atoms. The summed E-state index contributed by atoms with van der Waals surface area (Å²) in [5, 5.41) is 2.46. The van der Waals surface area contributed by atoms with Gasteiger partial charge in [-0.1, -0.05) is 18.2 Å². The summed E-state index contributed by atoms with van der Waals surface area (Å²) in [5.41, 5.74) is 0. The molecule has 2 heterocycles. The number of amides is 1. The van der Waals surface area contributed by atoms with Crippen LogP contribution in [0.5, 0.6) is 0 Å². The second kappa shape index (κ2) is 6.49. The van der Waals surface area contributed by atoms with Gasteiger partial charge in [0.1, 0.15) is 5.76 Å². The molecule has 9 heteroatoms. The fourth-order valence-corrected chi connectivity index (χ4v) is 4.18. The minimum Gasteiger partial charge on any atom is -0.451 e. The first-order valence-corrected chi connectivity index (χ1v) is 9.64. The zero-order chi connectivity index (χ0) is 16.4. The molecule has 1 aromatic heterocycles. The molecule has 0 atom stereocenters. The van der Waals surface area contributed by atoms with E-state index in [1.54, 1.807) is 36.4 Å². The molecule has 1 saturated heterocycles. The van der Waals surface area contributed by atoms with Gasteiger partial charge in [-0.3, -0.25) is 10.1 Å². The molecule has 1 N–H and O–H groups in total. The highest BCUT2D eigenvalue weighted by atomic mass is 127. The smallest absolute Gasteiger partial charge is 0.284 e. The van der Waals surface area contributed by atoms with E-state index >= 15 is 0 Å². The maximum absolute atomic E-state index is 12.2. The van der Waals surface area contributed by atoms with E-state index in [1.807, 2.05) is 22.6 Å². The molecular weight excluding hydrogens is 451 g/mol. The molecule has 118 valence electrons. The molecule has 0 unspecified atom stereocenters. The first-order valence-electron chi connectivity index (χ1n) is 6.30. The Balaban J connectivity index is 1.86. The number of sulfonamides is 1. The average molecular weight is 460 g/mol. The highest BCUT2D eigenvalue weighted by molar-refractivity contribution is 14.1. The molecule has 0 spiro atoms. The first-order chi connectivity index (χ1) is 10.9. The van der Waals surface area contributed by atoms with Crippen molar-refractivity contribution in [1.29, 1.82) is 0 Å². The molecule has 1 aliphatic rings. The first kappa shape index (κ1) is 16.3. The van der Waals surface area contributed by atoms with Crippen molar-refractivity contribution in [3.05, 3.63) is 56.9 Å². The van der Waals surface area contributed by atoms with E-state index in [4.69, 9.17) is 4.42 Å². The Bertz CT molecular complexity index is 917. The van der Waals surface area contributed by atoms with Crippen LogP contribution in [0.2, 0.25) is 0 Å². The van der Waals surface area contributed by atoms with Crippen LogP contribution in [-0.2, 0) is 14.8 Å². The summed E-state index contributed by atoms with van der Waals surface area (Å²) < 4.78 is 34.1. The summed E-state index contributed by atoms with van der Waals surface area (Å²) in [4.78, 5) is 12.3. The molecule has 3 rings (SSSR count). The van der Waals surface area contributed by atoms with Crippen molar-refractivity contribution in [2.24, 2.45) is 4.40 Å². The highest BCUT2D eigenvalue weighted by Crippen LogP contribution is 2.28. The van der Waals surface area contributed by atoms with Crippen LogP contribution in [0.15, 0.2) is 61.1 Å². The van der Waals surface area contributed by atoms with Crippen LogP contribution in [0.3, 0.4) is 0 Å². The van der Waals surface area contributed by atoms with Crippen molar-refractivity contribution in [1.82, 2.24) is 5.32 Å². The average Bonchev–Trinajstić information content (AvgIpc) is 3.06. The number of nitrogens with one attached hydrogen (secondary N) is 1. The summed E-state index contributed by atoms with van der Waals surface area (Å²) in [5.74, 6) is 0.0997. The van der Waals surface area contributed by atoms with Gasteiger partial charge < -0.3 is 4.42 Å². The van der Waals surface area contributed by atoms with E-state index in [0.29, 0.717) is 14.4 Å². The third-order valence-electron chi connectivity index (χ3n) is 2.76. The van der Waals surface area contributed by atoms with Crippen LogP contribution < -0.4 is 5.32 Å². The summed E-state index contributed by atoms with van der Waals surface area (Å²) in [7, 11) is -3.86. The summed E-state index contributed by atoms with van der Waals surface area (Å²) in [6, 6.07) is 11.3. The number of benzene rings is 1. The monoisotopic (exact) mass is 460 g/mol. The fraction of sp³-hybridized carbons (Fsp3) is 0. The molecule has 6 nitrogen and oxygen atoms in total. The molecular formula is C14H9IN2O4S2. The largest absolute Gasteiger partial charge is 0.451 e. The molecule has 2 aromatic rings. The SMILES string of the molecule is O=C1NC(=NS(=O)(=O)c2ccccc2)S/C1=C\c1ccc(I)o1. The van der Waals surface area contributed by atoms with Crippen molar-refractivity contribution in [3.8, 4) is 0 Å². The van der Waals surface area contributed by atoms with Crippen molar-refractivity contribution in [2.75, 3.05) is 0 Å². The topological polar surface area (TPSA) is 88.7 Å². The predicted octanol–water partition coefficient (Wildman–Crippen LogP) is 2.83. The van der Waals surface area contributed by atoms with Crippen LogP contribution in [0, 0.1) is 3.77 Å². The number of halogens is 1. The molecule has 1 fully saturated rings. The summed E-state index contributed by atoms with van der Waals surface area (Å²) in [6.07, 6.45) is 1.54. The van der Waals surface area contributed by atoms with Crippen molar-refractivity contribution in [2.45, 2.75) is 4.90 Å². The van der Waals surface area contributed by atoms with E-state index in [1.165, 1.54) is 12.1 Å². The maximum Gasteiger partial charge on any atom is 0.284 e. The van der Waals surface area contributed by atoms with Crippen LogP contribution in [-0.4, -0.2) is 19.5 Å². The van der Waals surface area contributed by atoms with E-state index in [9.17, 15) is 13.2 Å². The van der Waals surface area contributed by atoms with E-state index in [0.717, 1.165) is 11.8 Å². The summed E-state index contributed by atoms with van der Waals surface area (Å²) >= 11 is 2.97. The van der Waals surface area contributed by atoms with Gasteiger partial charge in [0, 0.05) is 6.08 Å². The van der Waals surface area contributed by atoms with Crippen LogP contribution >= 0.6 is 34.4 Å². The molecule has 0 aliphatic carbocycles. The quantitative estimate of drug-likeness (QED) is 0.562. The van der Waals surface area contributed by atoms with Gasteiger partial charge in [0.25, 0.3) is 15.9 Å². The second-order valence-electron chi connectivity index (χ2n) is 4.39. The minimum atomic E-state index is -3.86. The van der Waals surface area contributed by atoms with Crippen molar-refractivity contribution < 1.29 is 17.6 Å². The van der Waals surface area contributed by atoms with E-state index in [-0.39, 0.29) is 10.1 Å². The number of carbonyl (C=O) groups is 1. The third kappa shape index (κ3) is 3.85. The lowest BCUT2D eigenvalue weighted by atomic mass is 10.4. The predicted molar refractivity (Wildman–Crippen MR) is 96.2 cm³/mol. The minimum absolute atomic E-state index is 0.0198. The Hall–Kier alpha value is -1.59. The van der Waals surface area contributed by atoms with Gasteiger partial charge in [-0.15, -0.1) is 4.40 Å². The lowest BCUT2D eigenvalue weighted by molar-refractivity contribution is -0.115. The van der Waals surface area contributed by atoms with Crippen molar-refractivity contribution in [3.63, 3.8) is 0 Å².